The van der Waals surface area contributed by atoms with Gasteiger partial charge in [-0.25, -0.2) is 4.98 Å². The summed E-state index contributed by atoms with van der Waals surface area (Å²) < 4.78 is 10.5. The van der Waals surface area contributed by atoms with Gasteiger partial charge in [0, 0.05) is 28.9 Å². The van der Waals surface area contributed by atoms with Crippen LogP contribution >= 0.6 is 11.3 Å². The number of methoxy groups -OCH3 is 2. The van der Waals surface area contributed by atoms with Crippen molar-refractivity contribution in [2.45, 2.75) is 0 Å². The van der Waals surface area contributed by atoms with Gasteiger partial charge in [0.2, 0.25) is 0 Å². The van der Waals surface area contributed by atoms with E-state index in [0.717, 1.165) is 16.9 Å². The topological polar surface area (TPSA) is 67.2 Å². The van der Waals surface area contributed by atoms with Crippen LogP contribution in [-0.2, 0) is 0 Å². The van der Waals surface area contributed by atoms with Crippen molar-refractivity contribution in [1.29, 1.82) is 5.26 Å². The average Bonchev–Trinajstić information content (AvgIpc) is 3.19. The second-order valence-corrected chi connectivity index (χ2v) is 6.15. The molecule has 0 amide bonds. The van der Waals surface area contributed by atoms with Crippen molar-refractivity contribution in [3.63, 3.8) is 0 Å². The Hall–Kier alpha value is -3.30. The molecule has 1 heterocycles. The number of hydrogen-bond acceptors (Lipinski definition) is 6. The molecule has 2 aromatic carbocycles. The summed E-state index contributed by atoms with van der Waals surface area (Å²) in [5.74, 6) is 1.26. The summed E-state index contributed by atoms with van der Waals surface area (Å²) in [6.07, 6.45) is 1.65. The van der Waals surface area contributed by atoms with Gasteiger partial charge in [0.05, 0.1) is 19.9 Å². The Kier molecular flexibility index (Phi) is 5.52. The first-order chi connectivity index (χ1) is 12.7. The van der Waals surface area contributed by atoms with E-state index < -0.39 is 0 Å². The van der Waals surface area contributed by atoms with Crippen molar-refractivity contribution < 1.29 is 9.47 Å². The fraction of sp³-hybridized carbons (Fsp3) is 0.100. The monoisotopic (exact) mass is 363 g/mol. The van der Waals surface area contributed by atoms with E-state index in [2.05, 4.69) is 16.4 Å². The van der Waals surface area contributed by atoms with Crippen LogP contribution in [0.25, 0.3) is 16.8 Å². The van der Waals surface area contributed by atoms with Gasteiger partial charge in [0.15, 0.2) is 11.5 Å². The molecule has 6 heteroatoms. The summed E-state index contributed by atoms with van der Waals surface area (Å²) in [6, 6.07) is 17.5. The minimum Gasteiger partial charge on any atom is -0.493 e. The zero-order valence-corrected chi connectivity index (χ0v) is 15.2. The smallest absolute Gasteiger partial charge is 0.162 e. The van der Waals surface area contributed by atoms with Crippen molar-refractivity contribution in [2.24, 2.45) is 0 Å². The molecule has 1 N–H and O–H groups in total. The van der Waals surface area contributed by atoms with Gasteiger partial charge in [-0.1, -0.05) is 30.3 Å². The van der Waals surface area contributed by atoms with Crippen LogP contribution in [0.15, 0.2) is 60.1 Å². The van der Waals surface area contributed by atoms with Gasteiger partial charge >= 0.3 is 0 Å². The van der Waals surface area contributed by atoms with Gasteiger partial charge in [0.1, 0.15) is 16.6 Å². The van der Waals surface area contributed by atoms with Crippen molar-refractivity contribution in [3.05, 3.63) is 65.1 Å². The molecule has 26 heavy (non-hydrogen) atoms. The van der Waals surface area contributed by atoms with Gasteiger partial charge in [0.25, 0.3) is 0 Å². The number of aromatic nitrogens is 1. The molecule has 0 aliphatic carbocycles. The fourth-order valence-electron chi connectivity index (χ4n) is 2.36. The highest BCUT2D eigenvalue weighted by Gasteiger charge is 2.09. The molecule has 0 aliphatic heterocycles. The number of benzene rings is 2. The third-order valence-electron chi connectivity index (χ3n) is 3.69. The number of rotatable bonds is 6. The first-order valence-corrected chi connectivity index (χ1v) is 8.73. The van der Waals surface area contributed by atoms with E-state index in [1.807, 2.05) is 47.8 Å². The normalized spacial score (nSPS) is 10.9. The lowest BCUT2D eigenvalue weighted by Gasteiger charge is -2.09. The van der Waals surface area contributed by atoms with Crippen LogP contribution in [0.4, 0.5) is 5.69 Å². The van der Waals surface area contributed by atoms with Gasteiger partial charge in [-0.3, -0.25) is 0 Å². The molecular formula is C20H17N3O2S. The zero-order chi connectivity index (χ0) is 18.4. The Labute approximate surface area is 156 Å². The highest BCUT2D eigenvalue weighted by Crippen LogP contribution is 2.30. The standard InChI is InChI=1S/C20H17N3O2S/c1-24-18-9-8-16(10-19(18)25-2)22-12-15(11-21)20-23-17(13-26-20)14-6-4-3-5-7-14/h3-10,12-13,22H,1-2H3. The lowest BCUT2D eigenvalue weighted by Crippen LogP contribution is -1.94. The number of thiazole rings is 1. The van der Waals surface area contributed by atoms with Crippen LogP contribution in [-0.4, -0.2) is 19.2 Å². The first-order valence-electron chi connectivity index (χ1n) is 7.85. The van der Waals surface area contributed by atoms with Crippen molar-refractivity contribution in [1.82, 2.24) is 4.98 Å². The molecule has 0 fully saturated rings. The van der Waals surface area contributed by atoms with Crippen LogP contribution < -0.4 is 14.8 Å². The van der Waals surface area contributed by atoms with Crippen molar-refractivity contribution >= 4 is 22.6 Å². The number of anilines is 1. The molecule has 0 bridgehead atoms. The van der Waals surface area contributed by atoms with E-state index in [1.54, 1.807) is 26.5 Å². The first kappa shape index (κ1) is 17.5. The van der Waals surface area contributed by atoms with Gasteiger partial charge in [-0.2, -0.15) is 5.26 Å². The summed E-state index contributed by atoms with van der Waals surface area (Å²) in [7, 11) is 3.17. The second-order valence-electron chi connectivity index (χ2n) is 5.29. The Morgan fingerprint density at radius 1 is 1.12 bits per heavy atom. The molecule has 0 spiro atoms. The molecule has 5 nitrogen and oxygen atoms in total. The Balaban J connectivity index is 1.81. The number of nitrogens with zero attached hydrogens (tertiary/aromatic N) is 2. The molecule has 0 atom stereocenters. The molecular weight excluding hydrogens is 346 g/mol. The summed E-state index contributed by atoms with van der Waals surface area (Å²) in [5.41, 5.74) is 3.14. The van der Waals surface area contributed by atoms with Crippen LogP contribution in [0.3, 0.4) is 0 Å². The van der Waals surface area contributed by atoms with E-state index in [-0.39, 0.29) is 0 Å². The fourth-order valence-corrected chi connectivity index (χ4v) is 3.16. The Bertz CT molecular complexity index is 959. The highest BCUT2D eigenvalue weighted by atomic mass is 32.1. The molecule has 0 saturated heterocycles. The third-order valence-corrected chi connectivity index (χ3v) is 4.57. The average molecular weight is 363 g/mol. The molecule has 3 aromatic rings. The molecule has 3 rings (SSSR count). The molecule has 0 unspecified atom stereocenters. The number of hydrogen-bond donors (Lipinski definition) is 1. The number of nitriles is 1. The zero-order valence-electron chi connectivity index (χ0n) is 14.4. The van der Waals surface area contributed by atoms with E-state index in [1.165, 1.54) is 11.3 Å². The molecule has 0 radical (unpaired) electrons. The molecule has 0 saturated carbocycles. The van der Waals surface area contributed by atoms with Crippen LogP contribution in [0.5, 0.6) is 11.5 Å². The predicted molar refractivity (Wildman–Crippen MR) is 104 cm³/mol. The maximum atomic E-state index is 9.48. The lowest BCUT2D eigenvalue weighted by atomic mass is 10.2. The second kappa shape index (κ2) is 8.19. The predicted octanol–water partition coefficient (Wildman–Crippen LogP) is 4.80. The van der Waals surface area contributed by atoms with Crippen molar-refractivity contribution in [3.8, 4) is 28.8 Å². The SMILES string of the molecule is COc1ccc(NC=C(C#N)c2nc(-c3ccccc3)cs2)cc1OC. The molecule has 0 aliphatic rings. The number of nitrogens with one attached hydrogen (secondary N) is 1. The van der Waals surface area contributed by atoms with Crippen LogP contribution in [0.1, 0.15) is 5.01 Å². The van der Waals surface area contributed by atoms with Gasteiger partial charge in [-0.05, 0) is 12.1 Å². The molecule has 130 valence electrons. The summed E-state index contributed by atoms with van der Waals surface area (Å²) in [6.45, 7) is 0. The van der Waals surface area contributed by atoms with Crippen molar-refractivity contribution in [2.75, 3.05) is 19.5 Å². The maximum Gasteiger partial charge on any atom is 0.162 e. The number of allylic oxidation sites excluding steroid dienone is 1. The summed E-state index contributed by atoms with van der Waals surface area (Å²) in [5, 5.41) is 15.2. The Morgan fingerprint density at radius 3 is 2.58 bits per heavy atom. The largest absolute Gasteiger partial charge is 0.493 e. The van der Waals surface area contributed by atoms with E-state index in [9.17, 15) is 5.26 Å². The Morgan fingerprint density at radius 2 is 1.88 bits per heavy atom. The molecule has 1 aromatic heterocycles. The van der Waals surface area contributed by atoms with E-state index in [4.69, 9.17) is 9.47 Å². The van der Waals surface area contributed by atoms with E-state index in [0.29, 0.717) is 22.1 Å². The highest BCUT2D eigenvalue weighted by molar-refractivity contribution is 7.11. The lowest BCUT2D eigenvalue weighted by molar-refractivity contribution is 0.355. The van der Waals surface area contributed by atoms with Gasteiger partial charge < -0.3 is 14.8 Å². The third kappa shape index (κ3) is 3.85. The van der Waals surface area contributed by atoms with Gasteiger partial charge in [-0.15, -0.1) is 11.3 Å². The summed E-state index contributed by atoms with van der Waals surface area (Å²) >= 11 is 1.44. The quantitative estimate of drug-likeness (QED) is 0.637. The number of ether oxygens (including phenoxy) is 2. The minimum absolute atomic E-state index is 0.465. The minimum atomic E-state index is 0.465. The summed E-state index contributed by atoms with van der Waals surface area (Å²) in [4.78, 5) is 4.57. The van der Waals surface area contributed by atoms with Crippen LogP contribution in [0.2, 0.25) is 0 Å². The van der Waals surface area contributed by atoms with Crippen LogP contribution in [0, 0.1) is 11.3 Å². The maximum absolute atomic E-state index is 9.48. The van der Waals surface area contributed by atoms with E-state index >= 15 is 0 Å².